The van der Waals surface area contributed by atoms with Crippen LogP contribution in [0.4, 0.5) is 0 Å². The molecule has 0 aliphatic rings. The second kappa shape index (κ2) is 14.9. The Morgan fingerprint density at radius 3 is 2.31 bits per heavy atom. The summed E-state index contributed by atoms with van der Waals surface area (Å²) in [7, 11) is 1.73. The maximum absolute atomic E-state index is 9.10. The van der Waals surface area contributed by atoms with Crippen LogP contribution in [-0.4, -0.2) is 55.6 Å². The molecule has 0 heterocycles. The number of aliphatic carboxylic acids is 2. The molecule has 1 aromatic rings. The van der Waals surface area contributed by atoms with Gasteiger partial charge < -0.3 is 25.0 Å². The van der Waals surface area contributed by atoms with E-state index in [9.17, 15) is 0 Å². The van der Waals surface area contributed by atoms with Gasteiger partial charge in [0.05, 0.1) is 6.61 Å². The van der Waals surface area contributed by atoms with Gasteiger partial charge in [-0.2, -0.15) is 0 Å². The highest BCUT2D eigenvalue weighted by Gasteiger charge is 2.04. The summed E-state index contributed by atoms with van der Waals surface area (Å²) < 4.78 is 10.9. The number of ether oxygens (including phenoxy) is 2. The zero-order valence-electron chi connectivity index (χ0n) is 15.5. The van der Waals surface area contributed by atoms with Crippen molar-refractivity contribution in [2.75, 3.05) is 33.4 Å². The van der Waals surface area contributed by atoms with E-state index in [0.29, 0.717) is 0 Å². The summed E-state index contributed by atoms with van der Waals surface area (Å²) in [5, 5.41) is 18.2. The first kappa shape index (κ1) is 23.6. The zero-order chi connectivity index (χ0) is 19.8. The van der Waals surface area contributed by atoms with Gasteiger partial charge in [0.1, 0.15) is 5.75 Å². The number of aryl methyl sites for hydroxylation is 1. The Morgan fingerprint density at radius 1 is 1.15 bits per heavy atom. The second-order valence-corrected chi connectivity index (χ2v) is 5.51. The van der Waals surface area contributed by atoms with E-state index in [1.807, 2.05) is 6.08 Å². The minimum atomic E-state index is -1.82. The lowest BCUT2D eigenvalue weighted by molar-refractivity contribution is -0.159. The van der Waals surface area contributed by atoms with Gasteiger partial charge >= 0.3 is 11.9 Å². The minimum Gasteiger partial charge on any atom is -0.493 e. The maximum atomic E-state index is 9.10. The van der Waals surface area contributed by atoms with E-state index < -0.39 is 11.9 Å². The van der Waals surface area contributed by atoms with Crippen LogP contribution in [0, 0.1) is 6.92 Å². The first-order valence-corrected chi connectivity index (χ1v) is 8.41. The van der Waals surface area contributed by atoms with Crippen LogP contribution in [0.3, 0.4) is 0 Å². The van der Waals surface area contributed by atoms with Crippen molar-refractivity contribution >= 4 is 11.9 Å². The quantitative estimate of drug-likeness (QED) is 0.313. The van der Waals surface area contributed by atoms with Crippen molar-refractivity contribution < 1.29 is 29.3 Å². The molecule has 3 N–H and O–H groups in total. The van der Waals surface area contributed by atoms with E-state index in [1.165, 1.54) is 11.1 Å². The standard InChI is InChI=1S/C17H27NO2.C2H2O4/c1-4-7-16-14-15(2)8-9-17(16)20-13-6-11-18-10-5-12-19-3;3-1(4)2(5)6/h4,8-9,14,18H,1,5-7,10-13H2,2-3H3;(H,3,4)(H,5,6). The summed E-state index contributed by atoms with van der Waals surface area (Å²) in [5.74, 6) is -2.67. The van der Waals surface area contributed by atoms with Crippen LogP contribution in [0.2, 0.25) is 0 Å². The van der Waals surface area contributed by atoms with E-state index in [0.717, 1.165) is 51.3 Å². The van der Waals surface area contributed by atoms with E-state index >= 15 is 0 Å². The number of allylic oxidation sites excluding steroid dienone is 1. The molecule has 1 rings (SSSR count). The minimum absolute atomic E-state index is 0.741. The number of rotatable bonds is 11. The van der Waals surface area contributed by atoms with Gasteiger partial charge in [-0.1, -0.05) is 23.8 Å². The summed E-state index contributed by atoms with van der Waals surface area (Å²) >= 11 is 0. The first-order chi connectivity index (χ1) is 12.4. The fourth-order valence-electron chi connectivity index (χ4n) is 2.01. The molecule has 7 heteroatoms. The predicted octanol–water partition coefficient (Wildman–Crippen LogP) is 2.27. The molecular formula is C19H29NO6. The van der Waals surface area contributed by atoms with Gasteiger partial charge in [-0.3, -0.25) is 0 Å². The molecule has 0 radical (unpaired) electrons. The molecule has 0 atom stereocenters. The summed E-state index contributed by atoms with van der Waals surface area (Å²) in [6, 6.07) is 6.31. The number of hydrogen-bond acceptors (Lipinski definition) is 5. The normalized spacial score (nSPS) is 9.77. The molecule has 0 fully saturated rings. The van der Waals surface area contributed by atoms with E-state index in [4.69, 9.17) is 29.3 Å². The van der Waals surface area contributed by atoms with Crippen molar-refractivity contribution in [2.24, 2.45) is 0 Å². The third-order valence-electron chi connectivity index (χ3n) is 3.22. The molecule has 0 aliphatic carbocycles. The molecule has 0 aromatic heterocycles. The number of benzene rings is 1. The zero-order valence-corrected chi connectivity index (χ0v) is 15.5. The average molecular weight is 367 g/mol. The number of carbonyl (C=O) groups is 2. The lowest BCUT2D eigenvalue weighted by Gasteiger charge is -2.11. The number of carboxylic acids is 2. The van der Waals surface area contributed by atoms with E-state index in [-0.39, 0.29) is 0 Å². The number of hydrogen-bond donors (Lipinski definition) is 3. The fourth-order valence-corrected chi connectivity index (χ4v) is 2.01. The van der Waals surface area contributed by atoms with Crippen LogP contribution in [0.1, 0.15) is 24.0 Å². The van der Waals surface area contributed by atoms with Crippen molar-refractivity contribution in [3.8, 4) is 5.75 Å². The molecule has 7 nitrogen and oxygen atoms in total. The van der Waals surface area contributed by atoms with Crippen LogP contribution in [-0.2, 0) is 20.7 Å². The van der Waals surface area contributed by atoms with Crippen LogP contribution >= 0.6 is 0 Å². The second-order valence-electron chi connectivity index (χ2n) is 5.51. The largest absolute Gasteiger partial charge is 0.493 e. The molecule has 146 valence electrons. The molecule has 26 heavy (non-hydrogen) atoms. The van der Waals surface area contributed by atoms with Crippen LogP contribution < -0.4 is 10.1 Å². The summed E-state index contributed by atoms with van der Waals surface area (Å²) in [5.41, 5.74) is 2.47. The Balaban J connectivity index is 0.000000896. The molecule has 0 unspecified atom stereocenters. The number of methoxy groups -OCH3 is 1. The van der Waals surface area contributed by atoms with Gasteiger partial charge in [0, 0.05) is 13.7 Å². The summed E-state index contributed by atoms with van der Waals surface area (Å²) in [4.78, 5) is 18.2. The summed E-state index contributed by atoms with van der Waals surface area (Å²) in [6.07, 6.45) is 4.83. The molecule has 0 aliphatic heterocycles. The highest BCUT2D eigenvalue weighted by Crippen LogP contribution is 2.21. The molecule has 0 amide bonds. The third kappa shape index (κ3) is 12.0. The molecule has 0 saturated heterocycles. The topological polar surface area (TPSA) is 105 Å². The van der Waals surface area contributed by atoms with Gasteiger partial charge in [0.25, 0.3) is 0 Å². The monoisotopic (exact) mass is 367 g/mol. The van der Waals surface area contributed by atoms with Gasteiger partial charge in [-0.25, -0.2) is 9.59 Å². The summed E-state index contributed by atoms with van der Waals surface area (Å²) in [6.45, 7) is 9.43. The number of nitrogens with one attached hydrogen (secondary N) is 1. The van der Waals surface area contributed by atoms with Crippen LogP contribution in [0.5, 0.6) is 5.75 Å². The Hall–Kier alpha value is -2.38. The smallest absolute Gasteiger partial charge is 0.414 e. The van der Waals surface area contributed by atoms with Crippen molar-refractivity contribution in [3.05, 3.63) is 42.0 Å². The van der Waals surface area contributed by atoms with Crippen molar-refractivity contribution in [3.63, 3.8) is 0 Å². The lowest BCUT2D eigenvalue weighted by Crippen LogP contribution is -2.19. The molecule has 0 saturated carbocycles. The van der Waals surface area contributed by atoms with Gasteiger partial charge in [-0.15, -0.1) is 6.58 Å². The molecular weight excluding hydrogens is 338 g/mol. The van der Waals surface area contributed by atoms with Crippen molar-refractivity contribution in [1.82, 2.24) is 5.32 Å². The van der Waals surface area contributed by atoms with Crippen molar-refractivity contribution in [2.45, 2.75) is 26.2 Å². The van der Waals surface area contributed by atoms with Gasteiger partial charge in [-0.05, 0) is 50.9 Å². The van der Waals surface area contributed by atoms with Gasteiger partial charge in [0.2, 0.25) is 0 Å². The van der Waals surface area contributed by atoms with E-state index in [2.05, 4.69) is 37.0 Å². The van der Waals surface area contributed by atoms with Gasteiger partial charge in [0.15, 0.2) is 0 Å². The fraction of sp³-hybridized carbons (Fsp3) is 0.474. The SMILES string of the molecule is C=CCc1cc(C)ccc1OCCCNCCCOC.O=C(O)C(=O)O. The molecule has 1 aromatic carbocycles. The van der Waals surface area contributed by atoms with E-state index in [1.54, 1.807) is 7.11 Å². The molecule has 0 bridgehead atoms. The number of carboxylic acid groups (broad SMARTS) is 2. The highest BCUT2D eigenvalue weighted by molar-refractivity contribution is 6.27. The Kier molecular flexibility index (Phi) is 13.6. The average Bonchev–Trinajstić information content (AvgIpc) is 2.59. The lowest BCUT2D eigenvalue weighted by atomic mass is 10.1. The molecule has 0 spiro atoms. The Bertz CT molecular complexity index is 547. The van der Waals surface area contributed by atoms with Crippen LogP contribution in [0.25, 0.3) is 0 Å². The van der Waals surface area contributed by atoms with Crippen LogP contribution in [0.15, 0.2) is 30.9 Å². The van der Waals surface area contributed by atoms with Crippen molar-refractivity contribution in [1.29, 1.82) is 0 Å². The Morgan fingerprint density at radius 2 is 1.77 bits per heavy atom. The Labute approximate surface area is 154 Å². The first-order valence-electron chi connectivity index (χ1n) is 8.41. The maximum Gasteiger partial charge on any atom is 0.414 e. The highest BCUT2D eigenvalue weighted by atomic mass is 16.5. The third-order valence-corrected chi connectivity index (χ3v) is 3.22. The predicted molar refractivity (Wildman–Crippen MR) is 99.8 cm³/mol.